The number of amides is 2. The minimum atomic E-state index is -0.0466. The van der Waals surface area contributed by atoms with Gasteiger partial charge in [0, 0.05) is 56.7 Å². The van der Waals surface area contributed by atoms with Gasteiger partial charge in [-0.25, -0.2) is 0 Å². The Balaban J connectivity index is 1.71. The number of hydrogen-bond acceptors (Lipinski definition) is 3. The Morgan fingerprint density at radius 2 is 1.68 bits per heavy atom. The largest absolute Gasteiger partial charge is 0.385 e. The third-order valence-corrected chi connectivity index (χ3v) is 6.81. The van der Waals surface area contributed by atoms with Crippen LogP contribution in [-0.2, 0) is 33.8 Å². The molecule has 204 valence electrons. The lowest BCUT2D eigenvalue weighted by Crippen LogP contribution is -2.44. The summed E-state index contributed by atoms with van der Waals surface area (Å²) in [6.07, 6.45) is 3.72. The van der Waals surface area contributed by atoms with Crippen molar-refractivity contribution in [2.75, 3.05) is 33.4 Å². The van der Waals surface area contributed by atoms with Gasteiger partial charge < -0.3 is 19.1 Å². The van der Waals surface area contributed by atoms with Gasteiger partial charge in [-0.1, -0.05) is 74.0 Å². The molecule has 0 spiro atoms. The van der Waals surface area contributed by atoms with Crippen LogP contribution in [0.5, 0.6) is 0 Å². The van der Waals surface area contributed by atoms with Crippen LogP contribution in [0.25, 0.3) is 0 Å². The standard InChI is InChI=1S/C31H40ClN3O3/c1-25(2)21-35(23-28-14-9-18-33(28)22-27-13-7-8-15-29(27)32)31(37)24-34(19-10-20-38-3)30(36)17-16-26-11-5-4-6-12-26/h4-9,11-15,18,25H,10,16-17,19-24H2,1-3H3. The first kappa shape index (κ1) is 29.5. The van der Waals surface area contributed by atoms with Crippen LogP contribution in [0, 0.1) is 5.92 Å². The van der Waals surface area contributed by atoms with E-state index in [0.717, 1.165) is 21.8 Å². The van der Waals surface area contributed by atoms with Crippen LogP contribution >= 0.6 is 11.6 Å². The molecule has 0 aliphatic rings. The number of carbonyl (C=O) groups is 2. The zero-order valence-corrected chi connectivity index (χ0v) is 23.6. The van der Waals surface area contributed by atoms with E-state index in [1.807, 2.05) is 77.8 Å². The zero-order chi connectivity index (χ0) is 27.3. The monoisotopic (exact) mass is 537 g/mol. The summed E-state index contributed by atoms with van der Waals surface area (Å²) in [4.78, 5) is 30.4. The van der Waals surface area contributed by atoms with Gasteiger partial charge in [-0.3, -0.25) is 9.59 Å². The maximum atomic E-state index is 13.6. The molecule has 0 atom stereocenters. The van der Waals surface area contributed by atoms with Gasteiger partial charge in [-0.15, -0.1) is 0 Å². The number of rotatable bonds is 15. The van der Waals surface area contributed by atoms with Crippen molar-refractivity contribution in [1.29, 1.82) is 0 Å². The molecule has 0 unspecified atom stereocenters. The van der Waals surface area contributed by atoms with Gasteiger partial charge in [0.25, 0.3) is 0 Å². The van der Waals surface area contributed by atoms with Gasteiger partial charge in [-0.05, 0) is 48.1 Å². The fraction of sp³-hybridized carbons (Fsp3) is 0.419. The molecule has 0 fully saturated rings. The molecular weight excluding hydrogens is 498 g/mol. The molecule has 1 heterocycles. The third-order valence-electron chi connectivity index (χ3n) is 6.44. The molecule has 0 bridgehead atoms. The molecule has 6 nitrogen and oxygen atoms in total. The average Bonchev–Trinajstić information content (AvgIpc) is 3.34. The van der Waals surface area contributed by atoms with Gasteiger partial charge in [0.2, 0.25) is 11.8 Å². The fourth-order valence-electron chi connectivity index (χ4n) is 4.46. The number of nitrogens with zero attached hydrogens (tertiary/aromatic N) is 3. The summed E-state index contributed by atoms with van der Waals surface area (Å²) < 4.78 is 7.33. The van der Waals surface area contributed by atoms with E-state index in [0.29, 0.717) is 58.0 Å². The molecule has 0 radical (unpaired) electrons. The Hall–Kier alpha value is -3.09. The van der Waals surface area contributed by atoms with Crippen molar-refractivity contribution in [2.45, 2.75) is 46.2 Å². The summed E-state index contributed by atoms with van der Waals surface area (Å²) in [5.41, 5.74) is 3.17. The first-order chi connectivity index (χ1) is 18.4. The smallest absolute Gasteiger partial charge is 0.242 e. The minimum absolute atomic E-state index is 0.00935. The Kier molecular flexibility index (Phi) is 11.9. The third kappa shape index (κ3) is 9.34. The van der Waals surface area contributed by atoms with E-state index in [1.165, 1.54) is 0 Å². The van der Waals surface area contributed by atoms with E-state index in [-0.39, 0.29) is 18.4 Å². The number of ether oxygens (including phenoxy) is 1. The highest BCUT2D eigenvalue weighted by Gasteiger charge is 2.23. The van der Waals surface area contributed by atoms with E-state index < -0.39 is 0 Å². The lowest BCUT2D eigenvalue weighted by atomic mass is 10.1. The highest BCUT2D eigenvalue weighted by Crippen LogP contribution is 2.19. The highest BCUT2D eigenvalue weighted by atomic mass is 35.5. The van der Waals surface area contributed by atoms with E-state index in [4.69, 9.17) is 16.3 Å². The molecule has 2 amide bonds. The molecule has 0 saturated carbocycles. The van der Waals surface area contributed by atoms with E-state index in [1.54, 1.807) is 12.0 Å². The number of methoxy groups -OCH3 is 1. The minimum Gasteiger partial charge on any atom is -0.385 e. The van der Waals surface area contributed by atoms with Crippen molar-refractivity contribution >= 4 is 23.4 Å². The average molecular weight is 538 g/mol. The predicted molar refractivity (Wildman–Crippen MR) is 153 cm³/mol. The van der Waals surface area contributed by atoms with Crippen molar-refractivity contribution in [3.63, 3.8) is 0 Å². The lowest BCUT2D eigenvalue weighted by Gasteiger charge is -2.29. The number of aryl methyl sites for hydroxylation is 1. The highest BCUT2D eigenvalue weighted by molar-refractivity contribution is 6.31. The Morgan fingerprint density at radius 1 is 0.947 bits per heavy atom. The van der Waals surface area contributed by atoms with Crippen molar-refractivity contribution in [3.8, 4) is 0 Å². The quantitative estimate of drug-likeness (QED) is 0.235. The van der Waals surface area contributed by atoms with Gasteiger partial charge >= 0.3 is 0 Å². The molecule has 0 aliphatic heterocycles. The van der Waals surface area contributed by atoms with Crippen molar-refractivity contribution in [2.24, 2.45) is 5.92 Å². The first-order valence-corrected chi connectivity index (χ1v) is 13.7. The second-order valence-electron chi connectivity index (χ2n) is 10.0. The first-order valence-electron chi connectivity index (χ1n) is 13.3. The molecule has 0 N–H and O–H groups in total. The Labute approximate surface area is 232 Å². The van der Waals surface area contributed by atoms with E-state index in [2.05, 4.69) is 18.4 Å². The van der Waals surface area contributed by atoms with Crippen LogP contribution < -0.4 is 0 Å². The van der Waals surface area contributed by atoms with Crippen LogP contribution in [0.1, 0.15) is 43.5 Å². The fourth-order valence-corrected chi connectivity index (χ4v) is 4.65. The van der Waals surface area contributed by atoms with Gasteiger partial charge in [0.1, 0.15) is 0 Å². The topological polar surface area (TPSA) is 54.8 Å². The summed E-state index contributed by atoms with van der Waals surface area (Å²) in [5, 5.41) is 0.725. The van der Waals surface area contributed by atoms with Gasteiger partial charge in [0.05, 0.1) is 13.1 Å². The van der Waals surface area contributed by atoms with Crippen LogP contribution in [0.3, 0.4) is 0 Å². The van der Waals surface area contributed by atoms with E-state index >= 15 is 0 Å². The predicted octanol–water partition coefficient (Wildman–Crippen LogP) is 5.67. The van der Waals surface area contributed by atoms with Gasteiger partial charge in [0.15, 0.2) is 0 Å². The number of aromatic nitrogens is 1. The van der Waals surface area contributed by atoms with Crippen molar-refractivity contribution in [1.82, 2.24) is 14.4 Å². The maximum absolute atomic E-state index is 13.6. The number of halogens is 1. The number of carbonyl (C=O) groups excluding carboxylic acids is 2. The summed E-state index contributed by atoms with van der Waals surface area (Å²) in [5.74, 6) is 0.237. The second kappa shape index (κ2) is 15.4. The van der Waals surface area contributed by atoms with Crippen molar-refractivity contribution < 1.29 is 14.3 Å². The molecule has 0 saturated heterocycles. The molecule has 7 heteroatoms. The second-order valence-corrected chi connectivity index (χ2v) is 10.4. The summed E-state index contributed by atoms with van der Waals surface area (Å²) in [6, 6.07) is 21.8. The lowest BCUT2D eigenvalue weighted by molar-refractivity contribution is -0.141. The molecular formula is C31H40ClN3O3. The molecule has 0 aliphatic carbocycles. The van der Waals surface area contributed by atoms with Crippen molar-refractivity contribution in [3.05, 3.63) is 94.8 Å². The molecule has 3 aromatic rings. The summed E-state index contributed by atoms with van der Waals surface area (Å²) in [6.45, 7) is 7.02. The number of benzene rings is 2. The zero-order valence-electron chi connectivity index (χ0n) is 22.8. The molecule has 3 rings (SSSR count). The summed E-state index contributed by atoms with van der Waals surface area (Å²) in [7, 11) is 1.65. The van der Waals surface area contributed by atoms with Crippen LogP contribution in [0.15, 0.2) is 72.9 Å². The van der Waals surface area contributed by atoms with Crippen LogP contribution in [0.4, 0.5) is 0 Å². The maximum Gasteiger partial charge on any atom is 0.242 e. The van der Waals surface area contributed by atoms with Crippen LogP contribution in [-0.4, -0.2) is 59.5 Å². The van der Waals surface area contributed by atoms with Crippen LogP contribution in [0.2, 0.25) is 5.02 Å². The molecule has 38 heavy (non-hydrogen) atoms. The Bertz CT molecular complexity index is 1150. The molecule has 1 aromatic heterocycles. The van der Waals surface area contributed by atoms with E-state index in [9.17, 15) is 9.59 Å². The SMILES string of the molecule is COCCCN(CC(=O)N(Cc1cccn1Cc1ccccc1Cl)CC(C)C)C(=O)CCc1ccccc1. The van der Waals surface area contributed by atoms with Gasteiger partial charge in [-0.2, -0.15) is 0 Å². The number of hydrogen-bond donors (Lipinski definition) is 0. The molecule has 2 aromatic carbocycles. The Morgan fingerprint density at radius 3 is 2.39 bits per heavy atom. The normalized spacial score (nSPS) is 11.1. The summed E-state index contributed by atoms with van der Waals surface area (Å²) >= 11 is 6.40.